The molecule has 0 saturated heterocycles. The molecule has 1 atom stereocenters. The van der Waals surface area contributed by atoms with Gasteiger partial charge in [0, 0.05) is 6.54 Å². The molecular formula is C11H21NO4. The third-order valence-corrected chi connectivity index (χ3v) is 2.43. The monoisotopic (exact) mass is 231 g/mol. The Morgan fingerprint density at radius 2 is 1.56 bits per heavy atom. The maximum atomic E-state index is 11.1. The van der Waals surface area contributed by atoms with Gasteiger partial charge in [-0.3, -0.25) is 14.5 Å². The minimum Gasteiger partial charge on any atom is -0.468 e. The number of methoxy groups -OCH3 is 2. The predicted molar refractivity (Wildman–Crippen MR) is 59.9 cm³/mol. The van der Waals surface area contributed by atoms with Gasteiger partial charge in [0.15, 0.2) is 0 Å². The minimum atomic E-state index is -0.341. The molecule has 0 fully saturated rings. The lowest BCUT2D eigenvalue weighted by atomic mass is 10.1. The molecule has 0 aromatic heterocycles. The average Bonchev–Trinajstić information content (AvgIpc) is 2.28. The van der Waals surface area contributed by atoms with Crippen LogP contribution in [0.5, 0.6) is 0 Å². The van der Waals surface area contributed by atoms with Gasteiger partial charge in [0.1, 0.15) is 0 Å². The highest BCUT2D eigenvalue weighted by molar-refractivity contribution is 5.74. The van der Waals surface area contributed by atoms with E-state index in [1.165, 1.54) is 14.2 Å². The SMILES string of the molecule is CCC(C)CN(CC(=O)OC)CC(=O)OC. The summed E-state index contributed by atoms with van der Waals surface area (Å²) in [7, 11) is 2.67. The normalized spacial score (nSPS) is 12.3. The van der Waals surface area contributed by atoms with Gasteiger partial charge in [-0.2, -0.15) is 0 Å². The molecule has 0 rings (SSSR count). The van der Waals surface area contributed by atoms with Crippen LogP contribution in [0.3, 0.4) is 0 Å². The van der Waals surface area contributed by atoms with E-state index in [0.717, 1.165) is 6.42 Å². The van der Waals surface area contributed by atoms with Gasteiger partial charge in [-0.15, -0.1) is 0 Å². The van der Waals surface area contributed by atoms with E-state index in [1.54, 1.807) is 4.90 Å². The Morgan fingerprint density at radius 3 is 1.88 bits per heavy atom. The minimum absolute atomic E-state index is 0.121. The fourth-order valence-corrected chi connectivity index (χ4v) is 1.25. The van der Waals surface area contributed by atoms with Crippen LogP contribution in [0.2, 0.25) is 0 Å². The second-order valence-corrected chi connectivity index (χ2v) is 3.84. The van der Waals surface area contributed by atoms with E-state index >= 15 is 0 Å². The molecule has 5 nitrogen and oxygen atoms in total. The van der Waals surface area contributed by atoms with Crippen molar-refractivity contribution in [3.8, 4) is 0 Å². The standard InChI is InChI=1S/C11H21NO4/c1-5-9(2)6-12(7-10(13)15-3)8-11(14)16-4/h9H,5-8H2,1-4H3. The van der Waals surface area contributed by atoms with E-state index in [2.05, 4.69) is 23.3 Å². The van der Waals surface area contributed by atoms with Crippen molar-refractivity contribution in [1.82, 2.24) is 4.90 Å². The Morgan fingerprint density at radius 1 is 1.12 bits per heavy atom. The highest BCUT2D eigenvalue weighted by Crippen LogP contribution is 2.04. The molecule has 0 spiro atoms. The first-order valence-electron chi connectivity index (χ1n) is 5.39. The highest BCUT2D eigenvalue weighted by atomic mass is 16.5. The van der Waals surface area contributed by atoms with Crippen molar-refractivity contribution in [1.29, 1.82) is 0 Å². The van der Waals surface area contributed by atoms with Crippen molar-refractivity contribution < 1.29 is 19.1 Å². The van der Waals surface area contributed by atoms with E-state index in [0.29, 0.717) is 12.5 Å². The average molecular weight is 231 g/mol. The molecule has 16 heavy (non-hydrogen) atoms. The first-order valence-corrected chi connectivity index (χ1v) is 5.39. The first kappa shape index (κ1) is 14.9. The Bertz CT molecular complexity index is 212. The molecule has 0 N–H and O–H groups in total. The first-order chi connectivity index (χ1) is 7.53. The van der Waals surface area contributed by atoms with E-state index in [1.807, 2.05) is 0 Å². The summed E-state index contributed by atoms with van der Waals surface area (Å²) < 4.78 is 9.16. The molecule has 0 aromatic carbocycles. The van der Waals surface area contributed by atoms with Crippen LogP contribution in [0.15, 0.2) is 0 Å². The van der Waals surface area contributed by atoms with Crippen molar-refractivity contribution in [2.45, 2.75) is 20.3 Å². The van der Waals surface area contributed by atoms with Gasteiger partial charge in [-0.1, -0.05) is 20.3 Å². The van der Waals surface area contributed by atoms with Gasteiger partial charge < -0.3 is 9.47 Å². The smallest absolute Gasteiger partial charge is 0.319 e. The quantitative estimate of drug-likeness (QED) is 0.603. The Labute approximate surface area is 96.7 Å². The summed E-state index contributed by atoms with van der Waals surface area (Å²) in [6.45, 7) is 5.06. The highest BCUT2D eigenvalue weighted by Gasteiger charge is 2.17. The molecule has 94 valence electrons. The van der Waals surface area contributed by atoms with Crippen LogP contribution < -0.4 is 0 Å². The number of hydrogen-bond acceptors (Lipinski definition) is 5. The Balaban J connectivity index is 4.26. The van der Waals surface area contributed by atoms with Gasteiger partial charge >= 0.3 is 11.9 Å². The molecule has 0 aromatic rings. The Hall–Kier alpha value is -1.10. The fraction of sp³-hybridized carbons (Fsp3) is 0.818. The number of carbonyl (C=O) groups is 2. The van der Waals surface area contributed by atoms with Crippen LogP contribution >= 0.6 is 0 Å². The molecule has 0 aliphatic rings. The number of hydrogen-bond donors (Lipinski definition) is 0. The summed E-state index contributed by atoms with van der Waals surface area (Å²) in [6.07, 6.45) is 0.999. The van der Waals surface area contributed by atoms with E-state index in [-0.39, 0.29) is 25.0 Å². The summed E-state index contributed by atoms with van der Waals surface area (Å²) in [5, 5.41) is 0. The molecule has 0 aliphatic heterocycles. The molecule has 5 heteroatoms. The van der Waals surface area contributed by atoms with Crippen molar-refractivity contribution >= 4 is 11.9 Å². The zero-order valence-corrected chi connectivity index (χ0v) is 10.5. The van der Waals surface area contributed by atoms with Crippen molar-refractivity contribution in [2.75, 3.05) is 33.9 Å². The maximum absolute atomic E-state index is 11.1. The second kappa shape index (κ2) is 8.10. The van der Waals surface area contributed by atoms with Crippen molar-refractivity contribution in [3.05, 3.63) is 0 Å². The summed E-state index contributed by atoms with van der Waals surface area (Å²) in [6, 6.07) is 0. The third kappa shape index (κ3) is 6.40. The molecule has 0 heterocycles. The lowest BCUT2D eigenvalue weighted by molar-refractivity contribution is -0.145. The van der Waals surface area contributed by atoms with Gasteiger partial charge in [0.2, 0.25) is 0 Å². The molecule has 0 radical (unpaired) electrons. The lowest BCUT2D eigenvalue weighted by Gasteiger charge is -2.22. The number of esters is 2. The van der Waals surface area contributed by atoms with Crippen LogP contribution in [0.25, 0.3) is 0 Å². The second-order valence-electron chi connectivity index (χ2n) is 3.84. The van der Waals surface area contributed by atoms with Crippen LogP contribution in [0.4, 0.5) is 0 Å². The van der Waals surface area contributed by atoms with Crippen LogP contribution in [0, 0.1) is 5.92 Å². The molecular weight excluding hydrogens is 210 g/mol. The number of rotatable bonds is 7. The zero-order chi connectivity index (χ0) is 12.6. The third-order valence-electron chi connectivity index (χ3n) is 2.43. The fourth-order valence-electron chi connectivity index (χ4n) is 1.25. The predicted octanol–water partition coefficient (Wildman–Crippen LogP) is 0.680. The summed E-state index contributed by atoms with van der Waals surface area (Å²) >= 11 is 0. The van der Waals surface area contributed by atoms with Gasteiger partial charge in [0.05, 0.1) is 27.3 Å². The molecule has 0 bridgehead atoms. The summed E-state index contributed by atoms with van der Waals surface area (Å²) in [4.78, 5) is 24.0. The zero-order valence-electron chi connectivity index (χ0n) is 10.5. The molecule has 1 unspecified atom stereocenters. The van der Waals surface area contributed by atoms with Crippen LogP contribution in [-0.2, 0) is 19.1 Å². The largest absolute Gasteiger partial charge is 0.468 e. The topological polar surface area (TPSA) is 55.8 Å². The van der Waals surface area contributed by atoms with Gasteiger partial charge in [-0.25, -0.2) is 0 Å². The van der Waals surface area contributed by atoms with E-state index < -0.39 is 0 Å². The van der Waals surface area contributed by atoms with Crippen molar-refractivity contribution in [2.24, 2.45) is 5.92 Å². The van der Waals surface area contributed by atoms with Gasteiger partial charge in [-0.05, 0) is 5.92 Å². The van der Waals surface area contributed by atoms with Crippen molar-refractivity contribution in [3.63, 3.8) is 0 Å². The molecule has 0 saturated carbocycles. The van der Waals surface area contributed by atoms with Gasteiger partial charge in [0.25, 0.3) is 0 Å². The van der Waals surface area contributed by atoms with E-state index in [9.17, 15) is 9.59 Å². The maximum Gasteiger partial charge on any atom is 0.319 e. The number of ether oxygens (including phenoxy) is 2. The molecule has 0 aliphatic carbocycles. The number of nitrogens with zero attached hydrogens (tertiary/aromatic N) is 1. The van der Waals surface area contributed by atoms with Crippen LogP contribution in [-0.4, -0.2) is 50.7 Å². The summed E-state index contributed by atoms with van der Waals surface area (Å²) in [5.41, 5.74) is 0. The van der Waals surface area contributed by atoms with E-state index in [4.69, 9.17) is 0 Å². The Kier molecular flexibility index (Phi) is 7.54. The van der Waals surface area contributed by atoms with Crippen LogP contribution in [0.1, 0.15) is 20.3 Å². The summed E-state index contributed by atoms with van der Waals surface area (Å²) in [5.74, 6) is -0.256. The lowest BCUT2D eigenvalue weighted by Crippen LogP contribution is -2.38. The number of carbonyl (C=O) groups excluding carboxylic acids is 2. The molecule has 0 amide bonds.